The number of carbonyl (C=O) groups is 1. The monoisotopic (exact) mass is 437 g/mol. The summed E-state index contributed by atoms with van der Waals surface area (Å²) in [5, 5.41) is 16.9. The molecule has 2 aromatic heterocycles. The smallest absolute Gasteiger partial charge is 0.253 e. The average Bonchev–Trinajstić information content (AvgIpc) is 3.26. The van der Waals surface area contributed by atoms with Gasteiger partial charge in [0.1, 0.15) is 6.07 Å². The fourth-order valence-corrected chi connectivity index (χ4v) is 3.94. The van der Waals surface area contributed by atoms with Crippen LogP contribution in [0.1, 0.15) is 15.9 Å². The molecule has 1 fully saturated rings. The second kappa shape index (κ2) is 8.73. The summed E-state index contributed by atoms with van der Waals surface area (Å²) in [6.45, 7) is 3.28. The van der Waals surface area contributed by atoms with Crippen molar-refractivity contribution < 1.29 is 4.79 Å². The lowest BCUT2D eigenvalue weighted by Gasteiger charge is -2.32. The van der Waals surface area contributed by atoms with Crippen molar-refractivity contribution in [2.24, 2.45) is 0 Å². The molecule has 1 saturated heterocycles. The highest BCUT2D eigenvalue weighted by molar-refractivity contribution is 5.95. The number of fused-ring (bicyclic) bond motifs is 1. The second-order valence-electron chi connectivity index (χ2n) is 8.11. The fourth-order valence-electron chi connectivity index (χ4n) is 3.94. The average molecular weight is 438 g/mol. The van der Waals surface area contributed by atoms with Gasteiger partial charge in [0.15, 0.2) is 5.65 Å². The van der Waals surface area contributed by atoms with E-state index in [9.17, 15) is 10.1 Å². The molecule has 0 atom stereocenters. The number of amides is 1. The van der Waals surface area contributed by atoms with Gasteiger partial charge in [0.2, 0.25) is 5.95 Å². The molecule has 0 unspecified atom stereocenters. The third-order valence-electron chi connectivity index (χ3n) is 5.86. The molecule has 1 amide bonds. The largest absolute Gasteiger partial charge is 0.336 e. The van der Waals surface area contributed by atoms with Gasteiger partial charge in [-0.3, -0.25) is 4.79 Å². The molecule has 0 spiro atoms. The predicted molar refractivity (Wildman–Crippen MR) is 126 cm³/mol. The Bertz CT molecular complexity index is 1360. The summed E-state index contributed by atoms with van der Waals surface area (Å²) in [7, 11) is 2.08. The van der Waals surface area contributed by atoms with Crippen LogP contribution in [0.15, 0.2) is 66.9 Å². The molecular formula is C25H23N7O. The van der Waals surface area contributed by atoms with Gasteiger partial charge >= 0.3 is 0 Å². The molecule has 0 radical (unpaired) electrons. The number of hydrogen-bond donors (Lipinski definition) is 1. The van der Waals surface area contributed by atoms with Crippen molar-refractivity contribution in [3.8, 4) is 17.2 Å². The minimum Gasteiger partial charge on any atom is -0.336 e. The third kappa shape index (κ3) is 4.27. The highest BCUT2D eigenvalue weighted by Gasteiger charge is 2.20. The summed E-state index contributed by atoms with van der Waals surface area (Å²) in [6, 6.07) is 20.9. The normalized spacial score (nSPS) is 14.2. The number of carbonyl (C=O) groups excluding carboxylic acids is 1. The predicted octanol–water partition coefficient (Wildman–Crippen LogP) is 3.40. The fraction of sp³-hybridized carbons (Fsp3) is 0.200. The molecule has 1 N–H and O–H groups in total. The van der Waals surface area contributed by atoms with Crippen LogP contribution in [0.2, 0.25) is 0 Å². The van der Waals surface area contributed by atoms with Crippen molar-refractivity contribution in [1.29, 1.82) is 5.26 Å². The number of rotatable bonds is 4. The van der Waals surface area contributed by atoms with E-state index in [0.29, 0.717) is 28.4 Å². The van der Waals surface area contributed by atoms with E-state index in [0.717, 1.165) is 37.3 Å². The molecule has 5 rings (SSSR count). The van der Waals surface area contributed by atoms with Crippen LogP contribution in [0.3, 0.4) is 0 Å². The van der Waals surface area contributed by atoms with Crippen molar-refractivity contribution in [2.75, 3.05) is 38.5 Å². The summed E-state index contributed by atoms with van der Waals surface area (Å²) >= 11 is 0. The number of hydrogen-bond acceptors (Lipinski definition) is 6. The van der Waals surface area contributed by atoms with Crippen LogP contribution in [-0.4, -0.2) is 63.5 Å². The maximum absolute atomic E-state index is 13.0. The Hall–Kier alpha value is -4.22. The second-order valence-corrected chi connectivity index (χ2v) is 8.11. The van der Waals surface area contributed by atoms with Gasteiger partial charge in [-0.05, 0) is 49.0 Å². The van der Waals surface area contributed by atoms with Gasteiger partial charge in [0.25, 0.3) is 5.91 Å². The van der Waals surface area contributed by atoms with Gasteiger partial charge in [-0.2, -0.15) is 10.2 Å². The first kappa shape index (κ1) is 20.7. The van der Waals surface area contributed by atoms with Crippen LogP contribution in [0.25, 0.3) is 16.8 Å². The number of piperazine rings is 1. The zero-order chi connectivity index (χ0) is 22.8. The highest BCUT2D eigenvalue weighted by atomic mass is 16.2. The number of nitriles is 1. The molecule has 0 saturated carbocycles. The molecule has 0 aliphatic carbocycles. The molecule has 2 aromatic carbocycles. The highest BCUT2D eigenvalue weighted by Crippen LogP contribution is 2.23. The van der Waals surface area contributed by atoms with Crippen LogP contribution in [-0.2, 0) is 0 Å². The van der Waals surface area contributed by atoms with E-state index in [1.165, 1.54) is 0 Å². The third-order valence-corrected chi connectivity index (χ3v) is 5.86. The van der Waals surface area contributed by atoms with Crippen molar-refractivity contribution >= 4 is 23.2 Å². The lowest BCUT2D eigenvalue weighted by atomic mass is 10.0. The molecule has 8 nitrogen and oxygen atoms in total. The lowest BCUT2D eigenvalue weighted by molar-refractivity contribution is 0.0664. The number of pyridine rings is 1. The van der Waals surface area contributed by atoms with Crippen molar-refractivity contribution in [1.82, 2.24) is 24.4 Å². The molecule has 164 valence electrons. The molecule has 0 bridgehead atoms. The van der Waals surface area contributed by atoms with Crippen LogP contribution >= 0.6 is 0 Å². The van der Waals surface area contributed by atoms with Gasteiger partial charge in [0.05, 0.1) is 11.3 Å². The quantitative estimate of drug-likeness (QED) is 0.526. The van der Waals surface area contributed by atoms with Gasteiger partial charge in [-0.1, -0.05) is 24.3 Å². The number of aromatic nitrogens is 3. The minimum atomic E-state index is 0.0643. The van der Waals surface area contributed by atoms with E-state index in [1.807, 2.05) is 65.7 Å². The van der Waals surface area contributed by atoms with Crippen LogP contribution in [0.4, 0.5) is 11.6 Å². The molecule has 33 heavy (non-hydrogen) atoms. The Balaban J connectivity index is 1.40. The first-order valence-electron chi connectivity index (χ1n) is 10.8. The topological polar surface area (TPSA) is 89.6 Å². The zero-order valence-electron chi connectivity index (χ0n) is 18.3. The van der Waals surface area contributed by atoms with Gasteiger partial charge in [-0.25, -0.2) is 4.52 Å². The number of anilines is 2. The molecule has 8 heteroatoms. The van der Waals surface area contributed by atoms with Gasteiger partial charge in [-0.15, -0.1) is 5.10 Å². The van der Waals surface area contributed by atoms with E-state index in [-0.39, 0.29) is 5.91 Å². The molecule has 4 aromatic rings. The number of likely N-dealkylation sites (N-methyl/N-ethyl adjacent to an activating group) is 1. The molecular weight excluding hydrogens is 414 g/mol. The number of benzene rings is 2. The Kier molecular flexibility index (Phi) is 5.47. The molecule has 1 aliphatic heterocycles. The summed E-state index contributed by atoms with van der Waals surface area (Å²) in [6.07, 6.45) is 1.89. The van der Waals surface area contributed by atoms with Crippen molar-refractivity contribution in [2.45, 2.75) is 0 Å². The summed E-state index contributed by atoms with van der Waals surface area (Å²) < 4.78 is 1.70. The first-order chi connectivity index (χ1) is 16.1. The van der Waals surface area contributed by atoms with Crippen LogP contribution in [0, 0.1) is 11.3 Å². The zero-order valence-corrected chi connectivity index (χ0v) is 18.3. The van der Waals surface area contributed by atoms with Crippen molar-refractivity contribution in [3.63, 3.8) is 0 Å². The SMILES string of the molecule is CN1CCN(C(=O)c2cccc(-c3ccc4nc(Nc5ccccc5C#N)nn4c3)c2)CC1. The van der Waals surface area contributed by atoms with E-state index < -0.39 is 0 Å². The Morgan fingerprint density at radius 3 is 2.64 bits per heavy atom. The van der Waals surface area contributed by atoms with Gasteiger partial charge in [0, 0.05) is 43.5 Å². The number of nitrogens with zero attached hydrogens (tertiary/aromatic N) is 6. The summed E-state index contributed by atoms with van der Waals surface area (Å²) in [5.74, 6) is 0.475. The molecule has 3 heterocycles. The van der Waals surface area contributed by atoms with E-state index in [4.69, 9.17) is 0 Å². The van der Waals surface area contributed by atoms with E-state index >= 15 is 0 Å². The molecule has 1 aliphatic rings. The first-order valence-corrected chi connectivity index (χ1v) is 10.8. The van der Waals surface area contributed by atoms with E-state index in [1.54, 1.807) is 10.6 Å². The summed E-state index contributed by atoms with van der Waals surface area (Å²) in [4.78, 5) is 21.6. The summed E-state index contributed by atoms with van der Waals surface area (Å²) in [5.41, 5.74) is 4.43. The minimum absolute atomic E-state index is 0.0643. The van der Waals surface area contributed by atoms with Crippen molar-refractivity contribution in [3.05, 3.63) is 78.0 Å². The Morgan fingerprint density at radius 2 is 1.82 bits per heavy atom. The number of nitrogens with one attached hydrogen (secondary N) is 1. The Labute approximate surface area is 191 Å². The maximum Gasteiger partial charge on any atom is 0.253 e. The Morgan fingerprint density at radius 1 is 1.00 bits per heavy atom. The van der Waals surface area contributed by atoms with Crippen LogP contribution in [0.5, 0.6) is 0 Å². The van der Waals surface area contributed by atoms with Gasteiger partial charge < -0.3 is 15.1 Å². The van der Waals surface area contributed by atoms with Crippen LogP contribution < -0.4 is 5.32 Å². The number of para-hydroxylation sites is 1. The standard InChI is InChI=1S/C25H23N7O/c1-30-11-13-31(14-12-30)24(33)19-7-4-6-18(15-19)21-9-10-23-28-25(29-32(23)17-21)27-22-8-3-2-5-20(22)16-26/h2-10,15,17H,11-14H2,1H3,(H,27,29). The maximum atomic E-state index is 13.0. The lowest BCUT2D eigenvalue weighted by Crippen LogP contribution is -2.47. The van der Waals surface area contributed by atoms with E-state index in [2.05, 4.69) is 33.4 Å².